The standard InChI is InChI=1S/C16H21N5O/c1-12-3-5-14(6-4-12)21-11-15(18-19-21)16(22)17-13-7-9-20(2)10-8-13/h3-6,11,13H,7-10H2,1-2H3,(H,17,22). The van der Waals surface area contributed by atoms with Crippen molar-refractivity contribution in [2.75, 3.05) is 20.1 Å². The number of piperidine rings is 1. The summed E-state index contributed by atoms with van der Waals surface area (Å²) in [6, 6.07) is 8.17. The van der Waals surface area contributed by atoms with Gasteiger partial charge in [-0.1, -0.05) is 22.9 Å². The maximum Gasteiger partial charge on any atom is 0.273 e. The van der Waals surface area contributed by atoms with Gasteiger partial charge in [-0.05, 0) is 52.0 Å². The Morgan fingerprint density at radius 2 is 1.91 bits per heavy atom. The zero-order valence-electron chi connectivity index (χ0n) is 13.0. The number of nitrogens with one attached hydrogen (secondary N) is 1. The van der Waals surface area contributed by atoms with Crippen molar-refractivity contribution in [2.24, 2.45) is 0 Å². The van der Waals surface area contributed by atoms with Crippen molar-refractivity contribution >= 4 is 5.91 Å². The molecule has 6 heteroatoms. The van der Waals surface area contributed by atoms with E-state index in [2.05, 4.69) is 27.6 Å². The van der Waals surface area contributed by atoms with Gasteiger partial charge in [0.1, 0.15) is 0 Å². The van der Waals surface area contributed by atoms with Gasteiger partial charge in [-0.2, -0.15) is 0 Å². The van der Waals surface area contributed by atoms with E-state index in [1.165, 1.54) is 5.56 Å². The molecule has 0 bridgehead atoms. The second-order valence-corrected chi connectivity index (χ2v) is 5.93. The maximum absolute atomic E-state index is 12.3. The third kappa shape index (κ3) is 3.33. The van der Waals surface area contributed by atoms with Crippen LogP contribution < -0.4 is 5.32 Å². The zero-order valence-corrected chi connectivity index (χ0v) is 13.0. The van der Waals surface area contributed by atoms with Gasteiger partial charge in [0.15, 0.2) is 5.69 Å². The molecule has 22 heavy (non-hydrogen) atoms. The third-order valence-electron chi connectivity index (χ3n) is 4.08. The van der Waals surface area contributed by atoms with E-state index in [1.54, 1.807) is 10.9 Å². The van der Waals surface area contributed by atoms with Crippen LogP contribution in [0.25, 0.3) is 5.69 Å². The molecular weight excluding hydrogens is 278 g/mol. The number of rotatable bonds is 3. The number of aromatic nitrogens is 3. The molecule has 0 spiro atoms. The highest BCUT2D eigenvalue weighted by Gasteiger charge is 2.20. The SMILES string of the molecule is Cc1ccc(-n2cc(C(=O)NC3CCN(C)CC3)nn2)cc1. The number of nitrogens with zero attached hydrogens (tertiary/aromatic N) is 4. The summed E-state index contributed by atoms with van der Waals surface area (Å²) >= 11 is 0. The summed E-state index contributed by atoms with van der Waals surface area (Å²) in [6.45, 7) is 4.06. The molecule has 116 valence electrons. The van der Waals surface area contributed by atoms with Gasteiger partial charge in [0.25, 0.3) is 5.91 Å². The van der Waals surface area contributed by atoms with Gasteiger partial charge in [0.05, 0.1) is 11.9 Å². The average molecular weight is 299 g/mol. The quantitative estimate of drug-likeness (QED) is 0.930. The van der Waals surface area contributed by atoms with Gasteiger partial charge in [0.2, 0.25) is 0 Å². The van der Waals surface area contributed by atoms with Crippen molar-refractivity contribution in [3.05, 3.63) is 41.7 Å². The first kappa shape index (κ1) is 14.7. The lowest BCUT2D eigenvalue weighted by atomic mass is 10.1. The second kappa shape index (κ2) is 6.27. The highest BCUT2D eigenvalue weighted by molar-refractivity contribution is 5.92. The number of carbonyl (C=O) groups excluding carboxylic acids is 1. The van der Waals surface area contributed by atoms with Crippen molar-refractivity contribution in [1.29, 1.82) is 0 Å². The topological polar surface area (TPSA) is 63.1 Å². The summed E-state index contributed by atoms with van der Waals surface area (Å²) in [5.41, 5.74) is 2.44. The molecule has 0 saturated carbocycles. The highest BCUT2D eigenvalue weighted by Crippen LogP contribution is 2.11. The lowest BCUT2D eigenvalue weighted by Crippen LogP contribution is -2.43. The van der Waals surface area contributed by atoms with Crippen molar-refractivity contribution in [1.82, 2.24) is 25.2 Å². The Morgan fingerprint density at radius 3 is 2.59 bits per heavy atom. The number of hydrogen-bond donors (Lipinski definition) is 1. The molecule has 2 heterocycles. The summed E-state index contributed by atoms with van der Waals surface area (Å²) < 4.78 is 1.63. The minimum atomic E-state index is -0.145. The molecule has 2 aromatic rings. The molecule has 1 aliphatic rings. The fourth-order valence-electron chi connectivity index (χ4n) is 2.60. The highest BCUT2D eigenvalue weighted by atomic mass is 16.2. The van der Waals surface area contributed by atoms with Crippen LogP contribution in [0.15, 0.2) is 30.5 Å². The van der Waals surface area contributed by atoms with Gasteiger partial charge in [-0.25, -0.2) is 4.68 Å². The van der Waals surface area contributed by atoms with Crippen LogP contribution in [-0.4, -0.2) is 52.0 Å². The van der Waals surface area contributed by atoms with E-state index in [0.29, 0.717) is 5.69 Å². The number of aryl methyl sites for hydroxylation is 1. The molecule has 1 aliphatic heterocycles. The fourth-order valence-corrected chi connectivity index (χ4v) is 2.60. The number of carbonyl (C=O) groups is 1. The monoisotopic (exact) mass is 299 g/mol. The van der Waals surface area contributed by atoms with Gasteiger partial charge in [0, 0.05) is 6.04 Å². The van der Waals surface area contributed by atoms with Crippen LogP contribution in [0, 0.1) is 6.92 Å². The van der Waals surface area contributed by atoms with Gasteiger partial charge in [-0.15, -0.1) is 5.10 Å². The van der Waals surface area contributed by atoms with E-state index >= 15 is 0 Å². The third-order valence-corrected chi connectivity index (χ3v) is 4.08. The number of likely N-dealkylation sites (tertiary alicyclic amines) is 1. The number of benzene rings is 1. The molecule has 0 atom stereocenters. The van der Waals surface area contributed by atoms with Gasteiger partial charge >= 0.3 is 0 Å². The minimum absolute atomic E-state index is 0.145. The molecule has 1 saturated heterocycles. The van der Waals surface area contributed by atoms with E-state index in [4.69, 9.17) is 0 Å². The number of hydrogen-bond acceptors (Lipinski definition) is 4. The summed E-state index contributed by atoms with van der Waals surface area (Å²) in [6.07, 6.45) is 3.64. The Morgan fingerprint density at radius 1 is 1.23 bits per heavy atom. The second-order valence-electron chi connectivity index (χ2n) is 5.93. The van der Waals surface area contributed by atoms with Crippen LogP contribution in [-0.2, 0) is 0 Å². The number of amides is 1. The predicted octanol–water partition coefficient (Wildman–Crippen LogP) is 1.40. The first-order chi connectivity index (χ1) is 10.6. The molecule has 0 radical (unpaired) electrons. The fraction of sp³-hybridized carbons (Fsp3) is 0.438. The normalized spacial score (nSPS) is 16.6. The molecule has 1 aromatic heterocycles. The Balaban J connectivity index is 1.65. The van der Waals surface area contributed by atoms with Crippen molar-refractivity contribution < 1.29 is 4.79 Å². The summed E-state index contributed by atoms with van der Waals surface area (Å²) in [5, 5.41) is 11.1. The van der Waals surface area contributed by atoms with Gasteiger partial charge < -0.3 is 10.2 Å². The summed E-state index contributed by atoms with van der Waals surface area (Å²) in [7, 11) is 2.10. The van der Waals surface area contributed by atoms with Crippen LogP contribution in [0.2, 0.25) is 0 Å². The molecule has 6 nitrogen and oxygen atoms in total. The lowest BCUT2D eigenvalue weighted by Gasteiger charge is -2.29. The van der Waals surface area contributed by atoms with Crippen molar-refractivity contribution in [2.45, 2.75) is 25.8 Å². The molecule has 0 aliphatic carbocycles. The largest absolute Gasteiger partial charge is 0.348 e. The molecule has 1 N–H and O–H groups in total. The van der Waals surface area contributed by atoms with Crippen LogP contribution in [0.5, 0.6) is 0 Å². The van der Waals surface area contributed by atoms with Crippen molar-refractivity contribution in [3.8, 4) is 5.69 Å². The Bertz CT molecular complexity index is 641. The Labute approximate surface area is 130 Å². The lowest BCUT2D eigenvalue weighted by molar-refractivity contribution is 0.0911. The molecule has 0 unspecified atom stereocenters. The molecule has 1 aromatic carbocycles. The Hall–Kier alpha value is -2.21. The molecule has 1 amide bonds. The van der Waals surface area contributed by atoms with E-state index in [0.717, 1.165) is 31.6 Å². The molecule has 1 fully saturated rings. The van der Waals surface area contributed by atoms with Crippen LogP contribution in [0.3, 0.4) is 0 Å². The molecular formula is C16H21N5O. The van der Waals surface area contributed by atoms with Crippen LogP contribution >= 0.6 is 0 Å². The van der Waals surface area contributed by atoms with Gasteiger partial charge in [-0.3, -0.25) is 4.79 Å². The van der Waals surface area contributed by atoms with E-state index in [9.17, 15) is 4.79 Å². The van der Waals surface area contributed by atoms with E-state index in [1.807, 2.05) is 31.2 Å². The summed E-state index contributed by atoms with van der Waals surface area (Å²) in [4.78, 5) is 14.5. The van der Waals surface area contributed by atoms with Crippen LogP contribution in [0.1, 0.15) is 28.9 Å². The molecule has 3 rings (SSSR count). The maximum atomic E-state index is 12.3. The predicted molar refractivity (Wildman–Crippen MR) is 84.1 cm³/mol. The zero-order chi connectivity index (χ0) is 15.5. The summed E-state index contributed by atoms with van der Waals surface area (Å²) in [5.74, 6) is -0.145. The van der Waals surface area contributed by atoms with Crippen LogP contribution in [0.4, 0.5) is 0 Å². The first-order valence-corrected chi connectivity index (χ1v) is 7.60. The van der Waals surface area contributed by atoms with E-state index < -0.39 is 0 Å². The smallest absolute Gasteiger partial charge is 0.273 e. The van der Waals surface area contributed by atoms with E-state index in [-0.39, 0.29) is 11.9 Å². The van der Waals surface area contributed by atoms with Crippen molar-refractivity contribution in [3.63, 3.8) is 0 Å². The average Bonchev–Trinajstić information content (AvgIpc) is 3.00. The minimum Gasteiger partial charge on any atom is -0.348 e. The first-order valence-electron chi connectivity index (χ1n) is 7.60. The Kier molecular flexibility index (Phi) is 4.20.